The molecule has 3 fully saturated rings. The third-order valence-corrected chi connectivity index (χ3v) is 5.13. The number of rotatable bonds is 2. The van der Waals surface area contributed by atoms with Gasteiger partial charge in [0.2, 0.25) is 11.7 Å². The van der Waals surface area contributed by atoms with Gasteiger partial charge in [-0.3, -0.25) is 5.41 Å². The molecule has 0 saturated carbocycles. The molecule has 0 spiro atoms. The molecule has 1 aromatic rings. The van der Waals surface area contributed by atoms with Crippen LogP contribution < -0.4 is 0 Å². The molecule has 4 atom stereocenters. The van der Waals surface area contributed by atoms with Crippen molar-refractivity contribution in [3.05, 3.63) is 35.9 Å². The van der Waals surface area contributed by atoms with E-state index in [2.05, 4.69) is 12.1 Å². The van der Waals surface area contributed by atoms with Crippen LogP contribution in [0.5, 0.6) is 0 Å². The van der Waals surface area contributed by atoms with Crippen molar-refractivity contribution in [1.29, 1.82) is 21.2 Å². The Morgan fingerprint density at radius 3 is 2.25 bits per heavy atom. The first-order valence-corrected chi connectivity index (χ1v) is 7.70. The molecular weight excluding hydrogens is 304 g/mol. The van der Waals surface area contributed by atoms with Crippen molar-refractivity contribution in [2.75, 3.05) is 0 Å². The fraction of sp³-hybridized carbons (Fsp3) is 0.444. The summed E-state index contributed by atoms with van der Waals surface area (Å²) in [6, 6.07) is 15.2. The predicted molar refractivity (Wildman–Crippen MR) is 83.3 cm³/mol. The van der Waals surface area contributed by atoms with E-state index in [4.69, 9.17) is 14.9 Å². The zero-order valence-electron chi connectivity index (χ0n) is 13.4. The molecule has 1 N–H and O–H groups in total. The largest absolute Gasteiger partial charge is 0.447 e. The Morgan fingerprint density at radius 1 is 1.12 bits per heavy atom. The third-order valence-electron chi connectivity index (χ3n) is 5.13. The fourth-order valence-corrected chi connectivity index (χ4v) is 4.13. The molecule has 0 radical (unpaired) electrons. The van der Waals surface area contributed by atoms with Gasteiger partial charge in [-0.2, -0.15) is 15.8 Å². The molecule has 4 rings (SSSR count). The summed E-state index contributed by atoms with van der Waals surface area (Å²) in [5.41, 5.74) is -2.86. The topological polar surface area (TPSA) is 114 Å². The van der Waals surface area contributed by atoms with E-state index in [9.17, 15) is 15.8 Å². The van der Waals surface area contributed by atoms with Crippen LogP contribution in [-0.2, 0) is 9.47 Å². The van der Waals surface area contributed by atoms with Gasteiger partial charge in [-0.25, -0.2) is 0 Å². The highest BCUT2D eigenvalue weighted by atomic mass is 16.7. The molecular formula is C18H16N4O2. The first kappa shape index (κ1) is 16.0. The molecule has 6 heteroatoms. The molecule has 120 valence electrons. The van der Waals surface area contributed by atoms with E-state index in [1.807, 2.05) is 12.1 Å². The van der Waals surface area contributed by atoms with Crippen molar-refractivity contribution < 1.29 is 9.47 Å². The number of hydrogen-bond donors (Lipinski definition) is 1. The zero-order valence-corrected chi connectivity index (χ0v) is 13.4. The second kappa shape index (κ2) is 5.06. The van der Waals surface area contributed by atoms with Gasteiger partial charge in [0.05, 0.1) is 30.2 Å². The van der Waals surface area contributed by atoms with Gasteiger partial charge in [-0.1, -0.05) is 37.3 Å². The lowest BCUT2D eigenvalue weighted by atomic mass is 9.50. The van der Waals surface area contributed by atoms with Crippen molar-refractivity contribution in [1.82, 2.24) is 0 Å². The van der Waals surface area contributed by atoms with E-state index in [-0.39, 0.29) is 5.90 Å². The number of fused-ring (bicyclic) bond motifs is 3. The van der Waals surface area contributed by atoms with Gasteiger partial charge in [0.1, 0.15) is 0 Å². The van der Waals surface area contributed by atoms with Gasteiger partial charge in [-0.15, -0.1) is 0 Å². The molecule has 6 nitrogen and oxygen atoms in total. The molecule has 1 aromatic carbocycles. The van der Waals surface area contributed by atoms with Gasteiger partial charge in [-0.05, 0) is 12.0 Å². The lowest BCUT2D eigenvalue weighted by Gasteiger charge is -2.61. The van der Waals surface area contributed by atoms with Crippen molar-refractivity contribution >= 4 is 5.90 Å². The Kier molecular flexibility index (Phi) is 3.37. The quantitative estimate of drug-likeness (QED) is 0.900. The highest BCUT2D eigenvalue weighted by molar-refractivity contribution is 5.89. The SMILES string of the molecule is CC[C@@H]1O[C@@]2(C)OC(=N)[C@@]1(C#N)C(C#N)(C#N)[C@H]2c1ccccc1. The fourth-order valence-electron chi connectivity index (χ4n) is 4.13. The van der Waals surface area contributed by atoms with Crippen molar-refractivity contribution in [3.63, 3.8) is 0 Å². The lowest BCUT2D eigenvalue weighted by molar-refractivity contribution is -0.319. The van der Waals surface area contributed by atoms with Crippen LogP contribution in [0, 0.1) is 50.2 Å². The minimum atomic E-state index is -1.77. The lowest BCUT2D eigenvalue weighted by Crippen LogP contribution is -2.73. The van der Waals surface area contributed by atoms with Crippen LogP contribution in [0.1, 0.15) is 31.7 Å². The molecule has 2 bridgehead atoms. The Hall–Kier alpha value is -2.88. The van der Waals surface area contributed by atoms with Gasteiger partial charge >= 0.3 is 0 Å². The highest BCUT2D eigenvalue weighted by Crippen LogP contribution is 2.65. The maximum atomic E-state index is 10.0. The maximum Gasteiger partial charge on any atom is 0.219 e. The Labute approximate surface area is 140 Å². The number of nitrogens with one attached hydrogen (secondary N) is 1. The van der Waals surface area contributed by atoms with Gasteiger partial charge in [0.15, 0.2) is 10.8 Å². The molecule has 3 saturated heterocycles. The van der Waals surface area contributed by atoms with Crippen LogP contribution in [0.25, 0.3) is 0 Å². The molecule has 3 aliphatic heterocycles. The number of ether oxygens (including phenoxy) is 2. The molecule has 0 aliphatic carbocycles. The smallest absolute Gasteiger partial charge is 0.219 e. The van der Waals surface area contributed by atoms with E-state index in [0.29, 0.717) is 12.0 Å². The van der Waals surface area contributed by atoms with E-state index in [1.54, 1.807) is 38.1 Å². The second-order valence-electron chi connectivity index (χ2n) is 6.26. The third kappa shape index (κ3) is 1.58. The summed E-state index contributed by atoms with van der Waals surface area (Å²) in [6.45, 7) is 3.43. The van der Waals surface area contributed by atoms with Crippen molar-refractivity contribution in [2.45, 2.75) is 38.1 Å². The molecule has 0 amide bonds. The predicted octanol–water partition coefficient (Wildman–Crippen LogP) is 2.85. The summed E-state index contributed by atoms with van der Waals surface area (Å²) < 4.78 is 11.7. The normalized spacial score (nSPS) is 36.0. The summed E-state index contributed by atoms with van der Waals surface area (Å²) in [7, 11) is 0. The van der Waals surface area contributed by atoms with Crippen molar-refractivity contribution in [2.24, 2.45) is 10.8 Å². The van der Waals surface area contributed by atoms with Crippen LogP contribution in [0.4, 0.5) is 0 Å². The Bertz CT molecular complexity index is 802. The minimum Gasteiger partial charge on any atom is -0.447 e. The molecule has 0 unspecified atom stereocenters. The van der Waals surface area contributed by atoms with Crippen molar-refractivity contribution in [3.8, 4) is 18.2 Å². The van der Waals surface area contributed by atoms with E-state index >= 15 is 0 Å². The molecule has 0 aromatic heterocycles. The summed E-state index contributed by atoms with van der Waals surface area (Å²) in [5, 5.41) is 38.2. The first-order valence-electron chi connectivity index (χ1n) is 7.70. The monoisotopic (exact) mass is 320 g/mol. The van der Waals surface area contributed by atoms with E-state index in [0.717, 1.165) is 0 Å². The van der Waals surface area contributed by atoms with Gasteiger partial charge in [0.25, 0.3) is 0 Å². The van der Waals surface area contributed by atoms with Crippen LogP contribution in [0.2, 0.25) is 0 Å². The van der Waals surface area contributed by atoms with Crippen LogP contribution >= 0.6 is 0 Å². The van der Waals surface area contributed by atoms with Gasteiger partial charge < -0.3 is 9.47 Å². The number of hydrogen-bond acceptors (Lipinski definition) is 6. The first-order chi connectivity index (χ1) is 11.5. The average molecular weight is 320 g/mol. The summed E-state index contributed by atoms with van der Waals surface area (Å²) >= 11 is 0. The van der Waals surface area contributed by atoms with Crippen LogP contribution in [-0.4, -0.2) is 17.8 Å². The average Bonchev–Trinajstić information content (AvgIpc) is 2.60. The zero-order chi connectivity index (χ0) is 17.6. The Balaban J connectivity index is 2.37. The standard InChI is InChI=1S/C18H16N4O2/c1-3-13-18(11-21)15(22)24-16(2,23-13)14(17(18,9-19)10-20)12-7-5-4-6-8-12/h4-8,13-14,22H,3H2,1-2H3/t13-,14-,16-,18-/m0/s1. The summed E-state index contributed by atoms with van der Waals surface area (Å²) in [5.74, 6) is -2.53. The number of benzene rings is 1. The van der Waals surface area contributed by atoms with Crippen LogP contribution in [0.15, 0.2) is 30.3 Å². The molecule has 24 heavy (non-hydrogen) atoms. The van der Waals surface area contributed by atoms with E-state index in [1.165, 1.54) is 0 Å². The Morgan fingerprint density at radius 2 is 1.75 bits per heavy atom. The van der Waals surface area contributed by atoms with Gasteiger partial charge in [0, 0.05) is 6.92 Å². The maximum absolute atomic E-state index is 10.0. The second-order valence-corrected chi connectivity index (χ2v) is 6.26. The number of nitrogens with zero attached hydrogens (tertiary/aromatic N) is 3. The minimum absolute atomic E-state index is 0.360. The summed E-state index contributed by atoms with van der Waals surface area (Å²) in [4.78, 5) is 0. The molecule has 3 aliphatic rings. The highest BCUT2D eigenvalue weighted by Gasteiger charge is 2.78. The molecule has 3 heterocycles. The van der Waals surface area contributed by atoms with E-state index < -0.39 is 28.6 Å². The summed E-state index contributed by atoms with van der Waals surface area (Å²) in [6.07, 6.45) is -0.366. The number of nitriles is 3. The van der Waals surface area contributed by atoms with Crippen LogP contribution in [0.3, 0.4) is 0 Å².